The molecule has 1 aliphatic rings. The molecular formula is C20H21F3N4O. The van der Waals surface area contributed by atoms with Crippen LogP contribution >= 0.6 is 0 Å². The van der Waals surface area contributed by atoms with Gasteiger partial charge in [0.1, 0.15) is 11.9 Å². The van der Waals surface area contributed by atoms with Crippen molar-refractivity contribution < 1.29 is 13.2 Å². The molecule has 1 heterocycles. The number of anilines is 1. The van der Waals surface area contributed by atoms with Gasteiger partial charge in [-0.15, -0.1) is 0 Å². The minimum Gasteiger partial charge on any atom is -0.366 e. The Balaban J connectivity index is 1.78. The summed E-state index contributed by atoms with van der Waals surface area (Å²) in [6.07, 6.45) is -3.09. The van der Waals surface area contributed by atoms with Crippen LogP contribution in [0, 0.1) is 24.2 Å². The van der Waals surface area contributed by atoms with Crippen molar-refractivity contribution in [2.24, 2.45) is 5.92 Å². The molecule has 0 bridgehead atoms. The number of nitrogens with zero attached hydrogens (tertiary/aromatic N) is 2. The number of alkyl halides is 3. The molecule has 1 saturated carbocycles. The molecule has 2 aromatic rings. The molecule has 0 saturated heterocycles. The first-order valence-corrected chi connectivity index (χ1v) is 9.18. The third-order valence-corrected chi connectivity index (χ3v) is 5.07. The number of aryl methyl sites for hydroxylation is 1. The lowest BCUT2D eigenvalue weighted by molar-refractivity contribution is -0.182. The van der Waals surface area contributed by atoms with E-state index in [0.717, 1.165) is 11.1 Å². The summed E-state index contributed by atoms with van der Waals surface area (Å²) in [5.41, 5.74) is 1.34. The Labute approximate surface area is 160 Å². The maximum Gasteiger partial charge on any atom is 0.391 e. The molecule has 8 heteroatoms. The summed E-state index contributed by atoms with van der Waals surface area (Å²) in [5.74, 6) is -0.740. The van der Waals surface area contributed by atoms with Gasteiger partial charge in [0.05, 0.1) is 5.92 Å². The van der Waals surface area contributed by atoms with E-state index in [1.807, 2.05) is 37.3 Å². The molecule has 28 heavy (non-hydrogen) atoms. The van der Waals surface area contributed by atoms with Gasteiger partial charge in [-0.3, -0.25) is 4.79 Å². The van der Waals surface area contributed by atoms with Crippen LogP contribution in [0.2, 0.25) is 0 Å². The quantitative estimate of drug-likeness (QED) is 0.824. The molecule has 148 valence electrons. The fraction of sp³-hybridized carbons (Fsp3) is 0.450. The summed E-state index contributed by atoms with van der Waals surface area (Å²) in [6.45, 7) is 1.96. The first kappa shape index (κ1) is 19.9. The minimum absolute atomic E-state index is 0.0302. The highest BCUT2D eigenvalue weighted by Gasteiger charge is 2.41. The molecule has 3 rings (SSSR count). The van der Waals surface area contributed by atoms with Crippen LogP contribution in [0.15, 0.2) is 29.1 Å². The Morgan fingerprint density at radius 3 is 2.61 bits per heavy atom. The highest BCUT2D eigenvalue weighted by molar-refractivity contribution is 5.51. The number of rotatable bonds is 4. The Hall–Kier alpha value is -2.82. The third kappa shape index (κ3) is 4.71. The molecule has 1 aliphatic carbocycles. The maximum atomic E-state index is 12.8. The predicted molar refractivity (Wildman–Crippen MR) is 99.0 cm³/mol. The van der Waals surface area contributed by atoms with E-state index in [4.69, 9.17) is 0 Å². The lowest BCUT2D eigenvalue weighted by Gasteiger charge is -2.30. The average molecular weight is 390 g/mol. The van der Waals surface area contributed by atoms with E-state index in [1.165, 1.54) is 0 Å². The van der Waals surface area contributed by atoms with Gasteiger partial charge < -0.3 is 10.3 Å². The van der Waals surface area contributed by atoms with Crippen LogP contribution in [0.25, 0.3) is 0 Å². The fourth-order valence-corrected chi connectivity index (χ4v) is 3.59. The summed E-state index contributed by atoms with van der Waals surface area (Å²) >= 11 is 0. The molecule has 0 aliphatic heterocycles. The summed E-state index contributed by atoms with van der Waals surface area (Å²) in [6, 6.07) is 9.35. The van der Waals surface area contributed by atoms with Gasteiger partial charge in [-0.2, -0.15) is 18.4 Å². The lowest BCUT2D eigenvalue weighted by atomic mass is 9.85. The minimum atomic E-state index is -4.17. The molecule has 0 atom stereocenters. The summed E-state index contributed by atoms with van der Waals surface area (Å²) in [4.78, 5) is 19.3. The first-order valence-electron chi connectivity index (χ1n) is 9.18. The Kier molecular flexibility index (Phi) is 5.73. The van der Waals surface area contributed by atoms with Crippen molar-refractivity contribution in [2.75, 3.05) is 5.32 Å². The van der Waals surface area contributed by atoms with Crippen LogP contribution in [-0.2, 0) is 6.42 Å². The van der Waals surface area contributed by atoms with Gasteiger partial charge in [0.25, 0.3) is 5.56 Å². The van der Waals surface area contributed by atoms with Crippen molar-refractivity contribution in [1.29, 1.82) is 5.26 Å². The van der Waals surface area contributed by atoms with E-state index in [9.17, 15) is 23.2 Å². The van der Waals surface area contributed by atoms with Crippen molar-refractivity contribution in [3.05, 3.63) is 57.1 Å². The topological polar surface area (TPSA) is 81.6 Å². The average Bonchev–Trinajstić information content (AvgIpc) is 2.61. The van der Waals surface area contributed by atoms with E-state index >= 15 is 0 Å². The zero-order valence-electron chi connectivity index (χ0n) is 15.4. The second kappa shape index (κ2) is 8.05. The van der Waals surface area contributed by atoms with Crippen LogP contribution in [0.3, 0.4) is 0 Å². The van der Waals surface area contributed by atoms with Gasteiger partial charge in [0, 0.05) is 12.5 Å². The monoisotopic (exact) mass is 390 g/mol. The smallest absolute Gasteiger partial charge is 0.366 e. The van der Waals surface area contributed by atoms with Gasteiger partial charge in [-0.1, -0.05) is 29.8 Å². The molecule has 1 aromatic carbocycles. The number of nitriles is 1. The molecule has 5 nitrogen and oxygen atoms in total. The van der Waals surface area contributed by atoms with Gasteiger partial charge in [-0.05, 0) is 38.2 Å². The van der Waals surface area contributed by atoms with Crippen molar-refractivity contribution in [3.63, 3.8) is 0 Å². The largest absolute Gasteiger partial charge is 0.391 e. The third-order valence-electron chi connectivity index (χ3n) is 5.07. The van der Waals surface area contributed by atoms with E-state index in [1.54, 1.807) is 0 Å². The van der Waals surface area contributed by atoms with Crippen LogP contribution in [-0.4, -0.2) is 22.2 Å². The zero-order chi connectivity index (χ0) is 20.3. The summed E-state index contributed by atoms with van der Waals surface area (Å²) < 4.78 is 38.5. The van der Waals surface area contributed by atoms with Gasteiger partial charge >= 0.3 is 6.18 Å². The van der Waals surface area contributed by atoms with Gasteiger partial charge in [-0.25, -0.2) is 4.98 Å². The number of H-pyrrole nitrogens is 1. The fourth-order valence-electron chi connectivity index (χ4n) is 3.59. The lowest BCUT2D eigenvalue weighted by Crippen LogP contribution is -2.33. The van der Waals surface area contributed by atoms with Crippen LogP contribution in [0.1, 0.15) is 48.2 Å². The Morgan fingerprint density at radius 1 is 1.29 bits per heavy atom. The zero-order valence-corrected chi connectivity index (χ0v) is 15.4. The Morgan fingerprint density at radius 2 is 2.00 bits per heavy atom. The van der Waals surface area contributed by atoms with Crippen molar-refractivity contribution in [2.45, 2.75) is 51.2 Å². The van der Waals surface area contributed by atoms with Gasteiger partial charge in [0.2, 0.25) is 0 Å². The summed E-state index contributed by atoms with van der Waals surface area (Å²) in [7, 11) is 0. The molecule has 1 aromatic heterocycles. The van der Waals surface area contributed by atoms with E-state index in [2.05, 4.69) is 15.3 Å². The molecule has 0 unspecified atom stereocenters. The number of benzene rings is 1. The summed E-state index contributed by atoms with van der Waals surface area (Å²) in [5, 5.41) is 12.3. The molecule has 1 fully saturated rings. The molecule has 0 amide bonds. The number of hydrogen-bond acceptors (Lipinski definition) is 4. The number of halogens is 3. The normalized spacial score (nSPS) is 19.8. The molecule has 2 N–H and O–H groups in total. The second-order valence-corrected chi connectivity index (χ2v) is 7.25. The van der Waals surface area contributed by atoms with Crippen molar-refractivity contribution in [3.8, 4) is 6.07 Å². The second-order valence-electron chi connectivity index (χ2n) is 7.25. The number of hydrogen-bond donors (Lipinski definition) is 2. The van der Waals surface area contributed by atoms with Crippen LogP contribution < -0.4 is 10.9 Å². The van der Waals surface area contributed by atoms with Crippen molar-refractivity contribution >= 4 is 5.82 Å². The van der Waals surface area contributed by atoms with Crippen LogP contribution in [0.4, 0.5) is 19.0 Å². The van der Waals surface area contributed by atoms with Gasteiger partial charge in [0.15, 0.2) is 11.4 Å². The van der Waals surface area contributed by atoms with E-state index < -0.39 is 17.7 Å². The molecule has 0 radical (unpaired) electrons. The van der Waals surface area contributed by atoms with E-state index in [-0.39, 0.29) is 30.3 Å². The highest BCUT2D eigenvalue weighted by atomic mass is 19.4. The SMILES string of the molecule is Cc1cccc(Cc2nc(NC3CCC(C(F)(F)F)CC3)c(C#N)c(=O)[nH]2)c1. The maximum absolute atomic E-state index is 12.8. The number of nitrogens with one attached hydrogen (secondary N) is 2. The number of aromatic nitrogens is 2. The highest BCUT2D eigenvalue weighted by Crippen LogP contribution is 2.38. The molecule has 0 spiro atoms. The molecular weight excluding hydrogens is 369 g/mol. The number of aromatic amines is 1. The Bertz CT molecular complexity index is 938. The standard InChI is InChI=1S/C20H21F3N4O/c1-12-3-2-4-13(9-12)10-17-26-18(16(11-24)19(28)27-17)25-15-7-5-14(6-8-15)20(21,22)23/h2-4,9,14-15H,5-8,10H2,1H3,(H2,25,26,27,28). The predicted octanol–water partition coefficient (Wildman–Crippen LogP) is 4.07. The van der Waals surface area contributed by atoms with Crippen LogP contribution in [0.5, 0.6) is 0 Å². The first-order chi connectivity index (χ1) is 13.3. The van der Waals surface area contributed by atoms with E-state index in [0.29, 0.717) is 25.1 Å². The van der Waals surface area contributed by atoms with Crippen molar-refractivity contribution in [1.82, 2.24) is 9.97 Å².